The predicted octanol–water partition coefficient (Wildman–Crippen LogP) is 2.49. The van der Waals surface area contributed by atoms with Gasteiger partial charge in [0.1, 0.15) is 11.6 Å². The van der Waals surface area contributed by atoms with E-state index in [0.29, 0.717) is 16.4 Å². The molecule has 0 aliphatic heterocycles. The third kappa shape index (κ3) is 3.61. The second kappa shape index (κ2) is 5.75. The van der Waals surface area contributed by atoms with E-state index in [1.165, 1.54) is 24.4 Å². The summed E-state index contributed by atoms with van der Waals surface area (Å²) in [6, 6.07) is 4.22. The van der Waals surface area contributed by atoms with Crippen molar-refractivity contribution in [1.82, 2.24) is 9.55 Å². The highest BCUT2D eigenvalue weighted by atomic mass is 35.5. The number of sulfonamides is 1. The minimum Gasteiger partial charge on any atom is -0.329 e. The number of aromatic nitrogens is 2. The molecule has 0 saturated carbocycles. The number of halogens is 2. The van der Waals surface area contributed by atoms with Crippen LogP contribution in [-0.4, -0.2) is 18.0 Å². The second-order valence-electron chi connectivity index (χ2n) is 5.00. The first-order valence-corrected chi connectivity index (χ1v) is 8.14. The molecule has 2 N–H and O–H groups in total. The van der Waals surface area contributed by atoms with E-state index in [9.17, 15) is 12.8 Å². The molecule has 0 unspecified atom stereocenters. The molecule has 2 rings (SSSR count). The normalized spacial score (nSPS) is 12.1. The molecule has 5 nitrogen and oxygen atoms in total. The van der Waals surface area contributed by atoms with Crippen LogP contribution in [0.1, 0.15) is 31.2 Å². The lowest BCUT2D eigenvalue weighted by atomic mass is 10.2. The Hall–Kier alpha value is -1.44. The van der Waals surface area contributed by atoms with Gasteiger partial charge in [0, 0.05) is 22.7 Å². The van der Waals surface area contributed by atoms with Gasteiger partial charge in [-0.1, -0.05) is 25.4 Å². The van der Waals surface area contributed by atoms with Gasteiger partial charge in [0.25, 0.3) is 10.0 Å². The van der Waals surface area contributed by atoms with Gasteiger partial charge in [-0.05, 0) is 18.2 Å². The monoisotopic (exact) mass is 331 g/mol. The number of imidazole rings is 1. The maximum Gasteiger partial charge on any atom is 0.257 e. The Morgan fingerprint density at radius 3 is 2.67 bits per heavy atom. The zero-order chi connectivity index (χ0) is 15.8. The van der Waals surface area contributed by atoms with Gasteiger partial charge in [0.15, 0.2) is 5.03 Å². The highest BCUT2D eigenvalue weighted by Crippen LogP contribution is 2.21. The van der Waals surface area contributed by atoms with E-state index in [4.69, 9.17) is 16.7 Å². The fraction of sp³-hybridized carbons (Fsp3) is 0.308. The van der Waals surface area contributed by atoms with Crippen LogP contribution in [0.4, 0.5) is 4.39 Å². The third-order valence-corrected chi connectivity index (χ3v) is 3.96. The Kier molecular flexibility index (Phi) is 4.36. The molecule has 0 spiro atoms. The van der Waals surface area contributed by atoms with Crippen LogP contribution < -0.4 is 5.14 Å². The van der Waals surface area contributed by atoms with Crippen LogP contribution in [0, 0.1) is 5.82 Å². The van der Waals surface area contributed by atoms with Crippen molar-refractivity contribution in [1.29, 1.82) is 0 Å². The van der Waals surface area contributed by atoms with Crippen LogP contribution in [-0.2, 0) is 16.6 Å². The van der Waals surface area contributed by atoms with Gasteiger partial charge in [0.05, 0.1) is 6.54 Å². The first kappa shape index (κ1) is 15.9. The van der Waals surface area contributed by atoms with E-state index in [-0.39, 0.29) is 17.5 Å². The van der Waals surface area contributed by atoms with Gasteiger partial charge in [0.2, 0.25) is 0 Å². The number of rotatable bonds is 4. The van der Waals surface area contributed by atoms with Crippen LogP contribution in [0.3, 0.4) is 0 Å². The number of hydrogen-bond donors (Lipinski definition) is 1. The molecule has 0 amide bonds. The molecule has 8 heteroatoms. The van der Waals surface area contributed by atoms with Crippen LogP contribution >= 0.6 is 11.6 Å². The van der Waals surface area contributed by atoms with Gasteiger partial charge in [-0.3, -0.25) is 0 Å². The molecule has 0 aliphatic carbocycles. The molecule has 0 radical (unpaired) electrons. The summed E-state index contributed by atoms with van der Waals surface area (Å²) in [7, 11) is -3.90. The molecule has 0 aliphatic rings. The molecule has 114 valence electrons. The van der Waals surface area contributed by atoms with Crippen molar-refractivity contribution in [3.8, 4) is 0 Å². The molecular formula is C13H15ClFN3O2S. The lowest BCUT2D eigenvalue weighted by Crippen LogP contribution is -2.12. The Morgan fingerprint density at radius 1 is 1.43 bits per heavy atom. The second-order valence-corrected chi connectivity index (χ2v) is 6.95. The summed E-state index contributed by atoms with van der Waals surface area (Å²) in [5, 5.41) is 5.27. The van der Waals surface area contributed by atoms with E-state index < -0.39 is 15.8 Å². The van der Waals surface area contributed by atoms with Crippen molar-refractivity contribution in [2.75, 3.05) is 0 Å². The van der Waals surface area contributed by atoms with Gasteiger partial charge in [-0.2, -0.15) is 0 Å². The zero-order valence-electron chi connectivity index (χ0n) is 11.5. The van der Waals surface area contributed by atoms with E-state index in [2.05, 4.69) is 4.98 Å². The molecule has 1 heterocycles. The quantitative estimate of drug-likeness (QED) is 0.935. The van der Waals surface area contributed by atoms with E-state index >= 15 is 0 Å². The molecule has 0 atom stereocenters. The zero-order valence-corrected chi connectivity index (χ0v) is 13.1. The van der Waals surface area contributed by atoms with Crippen molar-refractivity contribution in [2.45, 2.75) is 31.3 Å². The van der Waals surface area contributed by atoms with Gasteiger partial charge >= 0.3 is 0 Å². The van der Waals surface area contributed by atoms with Crippen molar-refractivity contribution in [2.24, 2.45) is 5.14 Å². The Balaban J connectivity index is 2.48. The molecule has 2 aromatic rings. The van der Waals surface area contributed by atoms with Crippen molar-refractivity contribution in [3.05, 3.63) is 46.6 Å². The Labute approximate surface area is 127 Å². The molecule has 0 bridgehead atoms. The number of nitrogens with zero attached hydrogens (tertiary/aromatic N) is 2. The number of primary sulfonamides is 1. The minimum atomic E-state index is -3.90. The number of hydrogen-bond acceptors (Lipinski definition) is 3. The Morgan fingerprint density at radius 2 is 2.10 bits per heavy atom. The lowest BCUT2D eigenvalue weighted by Gasteiger charge is -2.11. The fourth-order valence-electron chi connectivity index (χ4n) is 1.98. The molecule has 21 heavy (non-hydrogen) atoms. The van der Waals surface area contributed by atoms with Crippen LogP contribution in [0.5, 0.6) is 0 Å². The highest BCUT2D eigenvalue weighted by molar-refractivity contribution is 7.89. The average Bonchev–Trinajstić information content (AvgIpc) is 2.78. The van der Waals surface area contributed by atoms with E-state index in [0.717, 1.165) is 0 Å². The van der Waals surface area contributed by atoms with Crippen molar-refractivity contribution >= 4 is 21.6 Å². The van der Waals surface area contributed by atoms with Gasteiger partial charge in [-0.25, -0.2) is 22.9 Å². The largest absolute Gasteiger partial charge is 0.329 e. The molecule has 0 fully saturated rings. The van der Waals surface area contributed by atoms with Crippen LogP contribution in [0.15, 0.2) is 29.4 Å². The summed E-state index contributed by atoms with van der Waals surface area (Å²) in [6.07, 6.45) is 1.31. The molecular weight excluding hydrogens is 317 g/mol. The Bertz CT molecular complexity index is 772. The van der Waals surface area contributed by atoms with Crippen LogP contribution in [0.25, 0.3) is 0 Å². The van der Waals surface area contributed by atoms with E-state index in [1.54, 1.807) is 4.57 Å². The standard InChI is InChI=1S/C13H15ClFN3O2S/c1-8(2)13-17-12(21(16,19)20)7-18(13)6-9-5-10(14)3-4-11(9)15/h3-5,7-8H,6H2,1-2H3,(H2,16,19,20). The first-order valence-electron chi connectivity index (χ1n) is 6.22. The summed E-state index contributed by atoms with van der Waals surface area (Å²) >= 11 is 5.86. The fourth-order valence-corrected chi connectivity index (χ4v) is 2.67. The topological polar surface area (TPSA) is 78.0 Å². The molecule has 0 saturated heterocycles. The summed E-state index contributed by atoms with van der Waals surface area (Å²) < 4.78 is 38.2. The van der Waals surface area contributed by atoms with Crippen molar-refractivity contribution in [3.63, 3.8) is 0 Å². The summed E-state index contributed by atoms with van der Waals surface area (Å²) in [4.78, 5) is 4.02. The third-order valence-electron chi connectivity index (χ3n) is 2.94. The maximum atomic E-state index is 13.8. The highest BCUT2D eigenvalue weighted by Gasteiger charge is 2.19. The summed E-state index contributed by atoms with van der Waals surface area (Å²) in [5.74, 6) is 0.0566. The van der Waals surface area contributed by atoms with Crippen molar-refractivity contribution < 1.29 is 12.8 Å². The maximum absolute atomic E-state index is 13.8. The van der Waals surface area contributed by atoms with Gasteiger partial charge < -0.3 is 4.57 Å². The molecule has 1 aromatic heterocycles. The average molecular weight is 332 g/mol. The minimum absolute atomic E-state index is 0.0391. The number of benzene rings is 1. The van der Waals surface area contributed by atoms with Gasteiger partial charge in [-0.15, -0.1) is 0 Å². The smallest absolute Gasteiger partial charge is 0.257 e. The van der Waals surface area contributed by atoms with E-state index in [1.807, 2.05) is 13.8 Å². The van der Waals surface area contributed by atoms with Crippen LogP contribution in [0.2, 0.25) is 5.02 Å². The summed E-state index contributed by atoms with van der Waals surface area (Å²) in [6.45, 7) is 3.85. The SMILES string of the molecule is CC(C)c1nc(S(N)(=O)=O)cn1Cc1cc(Cl)ccc1F. The predicted molar refractivity (Wildman–Crippen MR) is 78.2 cm³/mol. The first-order chi connectivity index (χ1) is 9.68. The number of nitrogens with two attached hydrogens (primary N) is 1. The lowest BCUT2D eigenvalue weighted by molar-refractivity contribution is 0.588. The summed E-state index contributed by atoms with van der Waals surface area (Å²) in [5.41, 5.74) is 0.350. The molecule has 1 aromatic carbocycles.